The number of rotatable bonds is 1. The molecule has 0 spiro atoms. The van der Waals surface area contributed by atoms with E-state index in [0.717, 1.165) is 17.0 Å². The maximum absolute atomic E-state index is 14.3. The number of fused-ring (bicyclic) bond motifs is 1. The molecule has 1 amide bonds. The van der Waals surface area contributed by atoms with E-state index in [4.69, 9.17) is 0 Å². The molecule has 3 nitrogen and oxygen atoms in total. The molecule has 1 aliphatic rings. The fourth-order valence-electron chi connectivity index (χ4n) is 3.16. The topological polar surface area (TPSA) is 33.2 Å². The number of thiazole rings is 1. The van der Waals surface area contributed by atoms with Gasteiger partial charge in [0.05, 0.1) is 10.6 Å². The Hall–Kier alpha value is -2.97. The summed E-state index contributed by atoms with van der Waals surface area (Å²) in [4.78, 5) is 18.9. The van der Waals surface area contributed by atoms with E-state index >= 15 is 0 Å². The molecule has 0 bridgehead atoms. The van der Waals surface area contributed by atoms with Gasteiger partial charge in [-0.1, -0.05) is 30.2 Å². The molecule has 27 heavy (non-hydrogen) atoms. The molecule has 2 heterocycles. The summed E-state index contributed by atoms with van der Waals surface area (Å²) >= 11 is 1.53. The van der Waals surface area contributed by atoms with Gasteiger partial charge in [0.2, 0.25) is 0 Å². The minimum atomic E-state index is -0.520. The summed E-state index contributed by atoms with van der Waals surface area (Å²) in [6, 6.07) is 12.5. The third-order valence-electron chi connectivity index (χ3n) is 4.57. The van der Waals surface area contributed by atoms with E-state index in [0.29, 0.717) is 24.3 Å². The molecular formula is C22H17FN2OS. The fraction of sp³-hybridized carbons (Fsp3) is 0.182. The van der Waals surface area contributed by atoms with E-state index < -0.39 is 5.82 Å². The minimum absolute atomic E-state index is 0.0654. The summed E-state index contributed by atoms with van der Waals surface area (Å²) in [6.07, 6.45) is 0.784. The van der Waals surface area contributed by atoms with Crippen molar-refractivity contribution in [2.45, 2.75) is 19.9 Å². The SMILES string of the molecule is Cc1nc(C#Cc2ccc(F)c(C(=O)N3CCc4ccccc4C3)c2)cs1. The first-order chi connectivity index (χ1) is 13.1. The number of hydrogen-bond acceptors (Lipinski definition) is 3. The average Bonchev–Trinajstić information content (AvgIpc) is 3.11. The second-order valence-electron chi connectivity index (χ2n) is 6.44. The third-order valence-corrected chi connectivity index (χ3v) is 5.34. The zero-order chi connectivity index (χ0) is 18.8. The van der Waals surface area contributed by atoms with Gasteiger partial charge in [-0.25, -0.2) is 9.37 Å². The standard InChI is InChI=1S/C22H17FN2OS/c1-15-24-19(14-27-15)8-6-16-7-9-21(23)20(12-16)22(26)25-11-10-17-4-2-3-5-18(17)13-25/h2-5,7,9,12,14H,10-11,13H2,1H3. The molecule has 0 aliphatic carbocycles. The van der Waals surface area contributed by atoms with Gasteiger partial charge >= 0.3 is 0 Å². The third kappa shape index (κ3) is 3.76. The molecule has 0 saturated carbocycles. The first kappa shape index (κ1) is 17.4. The van der Waals surface area contributed by atoms with Crippen LogP contribution in [0.3, 0.4) is 0 Å². The van der Waals surface area contributed by atoms with E-state index in [9.17, 15) is 9.18 Å². The Bertz CT molecular complexity index is 1080. The Morgan fingerprint density at radius 3 is 2.78 bits per heavy atom. The highest BCUT2D eigenvalue weighted by atomic mass is 32.1. The molecule has 1 aliphatic heterocycles. The van der Waals surface area contributed by atoms with Crippen LogP contribution in [0.1, 0.15) is 37.7 Å². The smallest absolute Gasteiger partial charge is 0.257 e. The highest BCUT2D eigenvalue weighted by Gasteiger charge is 2.23. The first-order valence-electron chi connectivity index (χ1n) is 8.70. The molecule has 0 saturated heterocycles. The highest BCUT2D eigenvalue weighted by Crippen LogP contribution is 2.21. The number of benzene rings is 2. The number of carbonyl (C=O) groups is 1. The number of halogens is 1. The van der Waals surface area contributed by atoms with Gasteiger partial charge in [-0.15, -0.1) is 11.3 Å². The van der Waals surface area contributed by atoms with E-state index in [-0.39, 0.29) is 11.5 Å². The van der Waals surface area contributed by atoms with Crippen molar-refractivity contribution in [3.05, 3.63) is 86.6 Å². The summed E-state index contributed by atoms with van der Waals surface area (Å²) < 4.78 is 14.3. The monoisotopic (exact) mass is 376 g/mol. The molecule has 0 fully saturated rings. The first-order valence-corrected chi connectivity index (χ1v) is 9.58. The van der Waals surface area contributed by atoms with Crippen molar-refractivity contribution >= 4 is 17.2 Å². The Kier molecular flexibility index (Phi) is 4.74. The Morgan fingerprint density at radius 2 is 2.00 bits per heavy atom. The predicted octanol–water partition coefficient (Wildman–Crippen LogP) is 4.19. The summed E-state index contributed by atoms with van der Waals surface area (Å²) in [5, 5.41) is 2.82. The van der Waals surface area contributed by atoms with Crippen LogP contribution >= 0.6 is 11.3 Å². The summed E-state index contributed by atoms with van der Waals surface area (Å²) in [5.74, 6) is 5.12. The van der Waals surface area contributed by atoms with Crippen LogP contribution in [0.15, 0.2) is 47.8 Å². The van der Waals surface area contributed by atoms with Crippen molar-refractivity contribution in [3.63, 3.8) is 0 Å². The lowest BCUT2D eigenvalue weighted by Crippen LogP contribution is -2.36. The lowest BCUT2D eigenvalue weighted by atomic mass is 9.99. The second kappa shape index (κ2) is 7.34. The van der Waals surface area contributed by atoms with Crippen LogP contribution in [-0.2, 0) is 13.0 Å². The van der Waals surface area contributed by atoms with Crippen molar-refractivity contribution in [1.29, 1.82) is 0 Å². The maximum atomic E-state index is 14.3. The molecule has 4 rings (SSSR count). The highest BCUT2D eigenvalue weighted by molar-refractivity contribution is 7.09. The number of carbonyl (C=O) groups excluding carboxylic acids is 1. The molecule has 1 aromatic heterocycles. The van der Waals surface area contributed by atoms with Crippen LogP contribution in [0.25, 0.3) is 0 Å². The lowest BCUT2D eigenvalue weighted by Gasteiger charge is -2.29. The second-order valence-corrected chi connectivity index (χ2v) is 7.50. The fourth-order valence-corrected chi connectivity index (χ4v) is 3.71. The normalized spacial score (nSPS) is 12.9. The molecule has 3 aromatic rings. The maximum Gasteiger partial charge on any atom is 0.257 e. The number of hydrogen-bond donors (Lipinski definition) is 0. The number of amides is 1. The summed E-state index contributed by atoms with van der Waals surface area (Å²) in [7, 11) is 0. The van der Waals surface area contributed by atoms with E-state index in [1.807, 2.05) is 30.5 Å². The minimum Gasteiger partial charge on any atom is -0.334 e. The zero-order valence-electron chi connectivity index (χ0n) is 14.8. The van der Waals surface area contributed by atoms with Crippen LogP contribution in [0.4, 0.5) is 4.39 Å². The Labute approximate surface area is 161 Å². The molecule has 0 atom stereocenters. The Balaban J connectivity index is 1.58. The van der Waals surface area contributed by atoms with Gasteiger partial charge in [0.15, 0.2) is 0 Å². The zero-order valence-corrected chi connectivity index (χ0v) is 15.6. The van der Waals surface area contributed by atoms with Gasteiger partial charge < -0.3 is 4.90 Å². The molecule has 5 heteroatoms. The number of nitrogens with zero attached hydrogens (tertiary/aromatic N) is 2. The van der Waals surface area contributed by atoms with Crippen LogP contribution in [-0.4, -0.2) is 22.3 Å². The molecule has 0 N–H and O–H groups in total. The van der Waals surface area contributed by atoms with Crippen molar-refractivity contribution in [2.75, 3.05) is 6.54 Å². The lowest BCUT2D eigenvalue weighted by molar-refractivity contribution is 0.0730. The van der Waals surface area contributed by atoms with Crippen molar-refractivity contribution in [3.8, 4) is 11.8 Å². The van der Waals surface area contributed by atoms with Gasteiger partial charge in [-0.2, -0.15) is 0 Å². The van der Waals surface area contributed by atoms with Crippen molar-refractivity contribution in [1.82, 2.24) is 9.88 Å². The molecule has 0 radical (unpaired) electrons. The number of aromatic nitrogens is 1. The van der Waals surface area contributed by atoms with Gasteiger partial charge in [-0.05, 0) is 48.6 Å². The van der Waals surface area contributed by atoms with Crippen LogP contribution in [0, 0.1) is 24.6 Å². The van der Waals surface area contributed by atoms with E-state index in [1.54, 1.807) is 11.0 Å². The summed E-state index contributed by atoms with van der Waals surface area (Å²) in [5.41, 5.74) is 3.72. The van der Waals surface area contributed by atoms with Crippen LogP contribution < -0.4 is 0 Å². The molecular weight excluding hydrogens is 359 g/mol. The van der Waals surface area contributed by atoms with E-state index in [1.165, 1.54) is 29.0 Å². The summed E-state index contributed by atoms with van der Waals surface area (Å²) in [6.45, 7) is 3.01. The number of aryl methyl sites for hydroxylation is 1. The van der Waals surface area contributed by atoms with Crippen molar-refractivity contribution < 1.29 is 9.18 Å². The van der Waals surface area contributed by atoms with Gasteiger partial charge in [0.25, 0.3) is 5.91 Å². The average molecular weight is 376 g/mol. The van der Waals surface area contributed by atoms with Gasteiger partial charge in [0, 0.05) is 24.0 Å². The Morgan fingerprint density at radius 1 is 1.19 bits per heavy atom. The van der Waals surface area contributed by atoms with Gasteiger partial charge in [0.1, 0.15) is 11.5 Å². The van der Waals surface area contributed by atoms with Crippen LogP contribution in [0.5, 0.6) is 0 Å². The molecule has 0 unspecified atom stereocenters. The van der Waals surface area contributed by atoms with Gasteiger partial charge in [-0.3, -0.25) is 4.79 Å². The molecule has 134 valence electrons. The van der Waals surface area contributed by atoms with E-state index in [2.05, 4.69) is 22.9 Å². The molecule has 2 aromatic carbocycles. The van der Waals surface area contributed by atoms with Crippen molar-refractivity contribution in [2.24, 2.45) is 0 Å². The predicted molar refractivity (Wildman–Crippen MR) is 104 cm³/mol. The van der Waals surface area contributed by atoms with Crippen LogP contribution in [0.2, 0.25) is 0 Å². The quantitative estimate of drug-likeness (QED) is 0.597. The largest absolute Gasteiger partial charge is 0.334 e.